The normalized spacial score (nSPS) is 35.1. The lowest BCUT2D eigenvalue weighted by molar-refractivity contribution is -0.148. The van der Waals surface area contributed by atoms with Gasteiger partial charge < -0.3 is 15.0 Å². The van der Waals surface area contributed by atoms with Crippen molar-refractivity contribution in [2.45, 2.75) is 64.0 Å². The Hall–Kier alpha value is -0.610. The Balaban J connectivity index is 2.00. The van der Waals surface area contributed by atoms with E-state index in [4.69, 9.17) is 4.74 Å². The topological polar surface area (TPSA) is 41.6 Å². The van der Waals surface area contributed by atoms with Gasteiger partial charge in [-0.2, -0.15) is 0 Å². The monoisotopic (exact) mass is 282 g/mol. The summed E-state index contributed by atoms with van der Waals surface area (Å²) in [4.78, 5) is 14.8. The molecule has 0 radical (unpaired) electrons. The van der Waals surface area contributed by atoms with Crippen LogP contribution in [0, 0.1) is 5.92 Å². The van der Waals surface area contributed by atoms with E-state index in [9.17, 15) is 4.79 Å². The number of rotatable bonds is 5. The Bertz CT molecular complexity index is 334. The van der Waals surface area contributed by atoms with Gasteiger partial charge in [0.1, 0.15) is 5.54 Å². The maximum Gasteiger partial charge on any atom is 0.326 e. The van der Waals surface area contributed by atoms with Crippen molar-refractivity contribution in [3.63, 3.8) is 0 Å². The van der Waals surface area contributed by atoms with Crippen LogP contribution in [-0.4, -0.2) is 49.2 Å². The number of carbonyl (C=O) groups is 1. The first kappa shape index (κ1) is 15.8. The summed E-state index contributed by atoms with van der Waals surface area (Å²) in [6.07, 6.45) is 6.62. The van der Waals surface area contributed by atoms with Gasteiger partial charge in [0, 0.05) is 12.6 Å². The van der Waals surface area contributed by atoms with Crippen molar-refractivity contribution in [3.8, 4) is 0 Å². The van der Waals surface area contributed by atoms with Gasteiger partial charge in [0.2, 0.25) is 0 Å². The molecule has 2 fully saturated rings. The SMILES string of the molecule is CCCNC1(C(=O)OC)CCC(N2CCCC(C)C2)C1. The molecule has 1 saturated heterocycles. The summed E-state index contributed by atoms with van der Waals surface area (Å²) in [5.74, 6) is 0.721. The molecule has 1 heterocycles. The Morgan fingerprint density at radius 3 is 2.90 bits per heavy atom. The molecular formula is C16H30N2O2. The van der Waals surface area contributed by atoms with Crippen LogP contribution in [0.3, 0.4) is 0 Å². The smallest absolute Gasteiger partial charge is 0.326 e. The minimum absolute atomic E-state index is 0.0708. The number of piperidine rings is 1. The summed E-state index contributed by atoms with van der Waals surface area (Å²) in [5, 5.41) is 3.47. The predicted octanol–water partition coefficient (Wildman–Crippen LogP) is 2.18. The van der Waals surface area contributed by atoms with Crippen LogP contribution >= 0.6 is 0 Å². The van der Waals surface area contributed by atoms with Gasteiger partial charge >= 0.3 is 5.97 Å². The minimum Gasteiger partial charge on any atom is -0.468 e. The first-order valence-corrected chi connectivity index (χ1v) is 8.19. The zero-order valence-corrected chi connectivity index (χ0v) is 13.3. The lowest BCUT2D eigenvalue weighted by Gasteiger charge is -2.36. The van der Waals surface area contributed by atoms with Crippen LogP contribution in [-0.2, 0) is 9.53 Å². The maximum atomic E-state index is 12.2. The molecule has 1 aliphatic heterocycles. The fourth-order valence-corrected chi connectivity index (χ4v) is 3.87. The largest absolute Gasteiger partial charge is 0.468 e. The second kappa shape index (κ2) is 6.90. The van der Waals surface area contributed by atoms with E-state index in [2.05, 4.69) is 24.1 Å². The van der Waals surface area contributed by atoms with Crippen molar-refractivity contribution >= 4 is 5.97 Å². The van der Waals surface area contributed by atoms with Crippen molar-refractivity contribution in [1.82, 2.24) is 10.2 Å². The van der Waals surface area contributed by atoms with E-state index in [1.807, 2.05) is 0 Å². The number of hydrogen-bond acceptors (Lipinski definition) is 4. The number of nitrogens with one attached hydrogen (secondary N) is 1. The molecule has 4 nitrogen and oxygen atoms in total. The Labute approximate surface area is 123 Å². The highest BCUT2D eigenvalue weighted by atomic mass is 16.5. The zero-order valence-electron chi connectivity index (χ0n) is 13.3. The van der Waals surface area contributed by atoms with Gasteiger partial charge in [0.15, 0.2) is 0 Å². The number of nitrogens with zero attached hydrogens (tertiary/aromatic N) is 1. The number of hydrogen-bond donors (Lipinski definition) is 1. The summed E-state index contributed by atoms with van der Waals surface area (Å²) in [6.45, 7) is 7.74. The molecule has 2 rings (SSSR count). The van der Waals surface area contributed by atoms with Crippen molar-refractivity contribution in [3.05, 3.63) is 0 Å². The molecule has 116 valence electrons. The van der Waals surface area contributed by atoms with Crippen LogP contribution < -0.4 is 5.32 Å². The molecule has 0 aromatic rings. The molecule has 2 aliphatic rings. The van der Waals surface area contributed by atoms with Crippen LogP contribution in [0.15, 0.2) is 0 Å². The Morgan fingerprint density at radius 1 is 1.45 bits per heavy atom. The first-order valence-electron chi connectivity index (χ1n) is 8.19. The predicted molar refractivity (Wildman–Crippen MR) is 80.7 cm³/mol. The summed E-state index contributed by atoms with van der Waals surface area (Å²) in [7, 11) is 1.51. The van der Waals surface area contributed by atoms with Gasteiger partial charge in [0.05, 0.1) is 7.11 Å². The molecule has 0 bridgehead atoms. The van der Waals surface area contributed by atoms with Crippen molar-refractivity contribution < 1.29 is 9.53 Å². The first-order chi connectivity index (χ1) is 9.61. The van der Waals surface area contributed by atoms with Gasteiger partial charge in [0.25, 0.3) is 0 Å². The third-order valence-electron chi connectivity index (χ3n) is 4.98. The van der Waals surface area contributed by atoms with Crippen molar-refractivity contribution in [2.75, 3.05) is 26.7 Å². The van der Waals surface area contributed by atoms with Crippen LogP contribution in [0.2, 0.25) is 0 Å². The van der Waals surface area contributed by atoms with Crippen LogP contribution in [0.25, 0.3) is 0 Å². The van der Waals surface area contributed by atoms with E-state index in [1.165, 1.54) is 33.0 Å². The van der Waals surface area contributed by atoms with Crippen LogP contribution in [0.1, 0.15) is 52.4 Å². The zero-order chi connectivity index (χ0) is 14.6. The third kappa shape index (κ3) is 3.34. The van der Waals surface area contributed by atoms with Gasteiger partial charge in [-0.15, -0.1) is 0 Å². The summed E-state index contributed by atoms with van der Waals surface area (Å²) < 4.78 is 5.07. The quantitative estimate of drug-likeness (QED) is 0.785. The van der Waals surface area contributed by atoms with E-state index < -0.39 is 5.54 Å². The molecule has 3 unspecified atom stereocenters. The minimum atomic E-state index is -0.434. The average molecular weight is 282 g/mol. The molecule has 0 spiro atoms. The second-order valence-electron chi connectivity index (χ2n) is 6.64. The molecule has 4 heteroatoms. The average Bonchev–Trinajstić information content (AvgIpc) is 2.90. The van der Waals surface area contributed by atoms with Gasteiger partial charge in [-0.05, 0) is 57.5 Å². The van der Waals surface area contributed by atoms with Crippen molar-refractivity contribution in [1.29, 1.82) is 0 Å². The molecule has 1 aliphatic carbocycles. The van der Waals surface area contributed by atoms with Gasteiger partial charge in [-0.1, -0.05) is 13.8 Å². The molecule has 0 aromatic carbocycles. The number of esters is 1. The van der Waals surface area contributed by atoms with Gasteiger partial charge in [-0.3, -0.25) is 4.79 Å². The fourth-order valence-electron chi connectivity index (χ4n) is 3.87. The van der Waals surface area contributed by atoms with Crippen LogP contribution in [0.5, 0.6) is 0 Å². The van der Waals surface area contributed by atoms with Crippen molar-refractivity contribution in [2.24, 2.45) is 5.92 Å². The summed E-state index contributed by atoms with van der Waals surface area (Å²) >= 11 is 0. The highest BCUT2D eigenvalue weighted by Gasteiger charge is 2.47. The molecule has 1 N–H and O–H groups in total. The molecule has 1 saturated carbocycles. The standard InChI is InChI=1S/C16H30N2O2/c1-4-9-17-16(15(19)20-3)8-7-14(11-16)18-10-5-6-13(2)12-18/h13-14,17H,4-12H2,1-3H3. The summed E-state index contributed by atoms with van der Waals surface area (Å²) in [5.41, 5.74) is -0.434. The number of ether oxygens (including phenoxy) is 1. The molecule has 0 aromatic heterocycles. The molecule has 20 heavy (non-hydrogen) atoms. The van der Waals surface area contributed by atoms with E-state index in [0.717, 1.165) is 38.1 Å². The lowest BCUT2D eigenvalue weighted by atomic mass is 9.95. The summed E-state index contributed by atoms with van der Waals surface area (Å²) in [6, 6.07) is 0.543. The maximum absolute atomic E-state index is 12.2. The highest BCUT2D eigenvalue weighted by molar-refractivity contribution is 5.81. The number of methoxy groups -OCH3 is 1. The Morgan fingerprint density at radius 2 is 2.25 bits per heavy atom. The molecule has 0 amide bonds. The number of likely N-dealkylation sites (tertiary alicyclic amines) is 1. The highest BCUT2D eigenvalue weighted by Crippen LogP contribution is 2.36. The molecular weight excluding hydrogens is 252 g/mol. The van der Waals surface area contributed by atoms with E-state index >= 15 is 0 Å². The van der Waals surface area contributed by atoms with E-state index in [-0.39, 0.29) is 5.97 Å². The second-order valence-corrected chi connectivity index (χ2v) is 6.64. The number of carbonyl (C=O) groups excluding carboxylic acids is 1. The van der Waals surface area contributed by atoms with E-state index in [0.29, 0.717) is 6.04 Å². The lowest BCUT2D eigenvalue weighted by Crippen LogP contribution is -2.52. The fraction of sp³-hybridized carbons (Fsp3) is 0.938. The van der Waals surface area contributed by atoms with Crippen LogP contribution in [0.4, 0.5) is 0 Å². The van der Waals surface area contributed by atoms with E-state index in [1.54, 1.807) is 0 Å². The third-order valence-corrected chi connectivity index (χ3v) is 4.98. The molecule has 3 atom stereocenters. The Kier molecular flexibility index (Phi) is 5.44. The van der Waals surface area contributed by atoms with Gasteiger partial charge in [-0.25, -0.2) is 0 Å².